The maximum Gasteiger partial charge on any atom is 0.320 e. The number of carboxylic acids is 1. The fraction of sp³-hybridized carbons (Fsp3) is 0.412. The van der Waals surface area contributed by atoms with Gasteiger partial charge < -0.3 is 5.11 Å². The zero-order chi connectivity index (χ0) is 16.3. The average Bonchev–Trinajstić information content (AvgIpc) is 2.94. The van der Waals surface area contributed by atoms with E-state index in [1.807, 2.05) is 5.38 Å². The molecule has 1 N–H and O–H groups in total. The van der Waals surface area contributed by atoms with Crippen LogP contribution in [0.25, 0.3) is 10.6 Å². The van der Waals surface area contributed by atoms with Crippen molar-refractivity contribution in [1.82, 2.24) is 9.88 Å². The number of aliphatic carboxylic acids is 1. The molecule has 0 amide bonds. The molecule has 0 aliphatic heterocycles. The van der Waals surface area contributed by atoms with Crippen LogP contribution in [0.3, 0.4) is 0 Å². The van der Waals surface area contributed by atoms with Crippen molar-refractivity contribution in [3.8, 4) is 10.6 Å². The molecule has 2 rings (SSSR count). The van der Waals surface area contributed by atoms with Crippen molar-refractivity contribution in [2.24, 2.45) is 0 Å². The van der Waals surface area contributed by atoms with E-state index in [0.29, 0.717) is 12.5 Å². The molecule has 1 aromatic carbocycles. The van der Waals surface area contributed by atoms with Gasteiger partial charge in [-0.25, -0.2) is 4.98 Å². The van der Waals surface area contributed by atoms with Gasteiger partial charge in [-0.05, 0) is 25.5 Å². The van der Waals surface area contributed by atoms with Gasteiger partial charge in [0.25, 0.3) is 0 Å². The molecule has 0 radical (unpaired) electrons. The fourth-order valence-corrected chi connectivity index (χ4v) is 2.92. The quantitative estimate of drug-likeness (QED) is 0.879. The smallest absolute Gasteiger partial charge is 0.320 e. The number of carbonyl (C=O) groups is 1. The number of hydrogen-bond acceptors (Lipinski definition) is 4. The average molecular weight is 318 g/mol. The maximum atomic E-state index is 11.0. The number of aromatic nitrogens is 1. The lowest BCUT2D eigenvalue weighted by Gasteiger charge is -2.19. The van der Waals surface area contributed by atoms with Crippen molar-refractivity contribution in [3.63, 3.8) is 0 Å². The summed E-state index contributed by atoms with van der Waals surface area (Å²) in [5, 5.41) is 12.0. The molecule has 1 aromatic heterocycles. The van der Waals surface area contributed by atoms with E-state index in [1.165, 1.54) is 5.56 Å². The van der Waals surface area contributed by atoms with Crippen molar-refractivity contribution >= 4 is 17.3 Å². The Balaban J connectivity index is 2.09. The van der Waals surface area contributed by atoms with E-state index >= 15 is 0 Å². The van der Waals surface area contributed by atoms with Gasteiger partial charge in [-0.15, -0.1) is 11.3 Å². The summed E-state index contributed by atoms with van der Waals surface area (Å²) >= 11 is 1.59. The minimum absolute atomic E-state index is 0.518. The minimum atomic E-state index is -0.817. The molecule has 2 aromatic rings. The van der Waals surface area contributed by atoms with Crippen LogP contribution in [0, 0.1) is 0 Å². The molecule has 0 spiro atoms. The first-order valence-corrected chi connectivity index (χ1v) is 8.24. The Morgan fingerprint density at radius 2 is 1.91 bits per heavy atom. The highest BCUT2D eigenvalue weighted by atomic mass is 32.1. The summed E-state index contributed by atoms with van der Waals surface area (Å²) in [6.45, 7) is 6.57. The second-order valence-corrected chi connectivity index (χ2v) is 6.71. The number of thiazole rings is 1. The van der Waals surface area contributed by atoms with Gasteiger partial charge in [0.2, 0.25) is 0 Å². The van der Waals surface area contributed by atoms with E-state index < -0.39 is 12.0 Å². The number of benzene rings is 1. The number of carboxylic acid groups (broad SMARTS) is 1. The molecule has 118 valence electrons. The molecule has 0 aliphatic rings. The molecule has 22 heavy (non-hydrogen) atoms. The van der Waals surface area contributed by atoms with E-state index in [-0.39, 0.29) is 0 Å². The molecule has 0 saturated heterocycles. The molecule has 0 bridgehead atoms. The number of nitrogens with zero attached hydrogens (tertiary/aromatic N) is 2. The molecule has 1 heterocycles. The number of rotatable bonds is 6. The van der Waals surface area contributed by atoms with Crippen LogP contribution in [-0.2, 0) is 11.3 Å². The minimum Gasteiger partial charge on any atom is -0.480 e. The Morgan fingerprint density at radius 1 is 1.27 bits per heavy atom. The van der Waals surface area contributed by atoms with Crippen LogP contribution >= 0.6 is 11.3 Å². The third kappa shape index (κ3) is 3.93. The van der Waals surface area contributed by atoms with Crippen molar-refractivity contribution in [1.29, 1.82) is 0 Å². The summed E-state index contributed by atoms with van der Waals surface area (Å²) in [6.07, 6.45) is 0. The molecule has 5 heteroatoms. The largest absolute Gasteiger partial charge is 0.480 e. The first-order valence-electron chi connectivity index (χ1n) is 7.36. The van der Waals surface area contributed by atoms with Crippen LogP contribution in [0.5, 0.6) is 0 Å². The maximum absolute atomic E-state index is 11.0. The third-order valence-electron chi connectivity index (χ3n) is 3.81. The lowest BCUT2D eigenvalue weighted by Crippen LogP contribution is -2.35. The SMILES string of the molecule is CC(C)c1ccc(-c2nc(CN(C)C(C)C(=O)O)cs2)cc1. The summed E-state index contributed by atoms with van der Waals surface area (Å²) in [7, 11) is 1.80. The van der Waals surface area contributed by atoms with E-state index in [9.17, 15) is 4.79 Å². The predicted octanol–water partition coefficient (Wildman–Crippen LogP) is 3.84. The van der Waals surface area contributed by atoms with Gasteiger partial charge in [0.05, 0.1) is 5.69 Å². The van der Waals surface area contributed by atoms with Crippen LogP contribution in [-0.4, -0.2) is 34.0 Å². The summed E-state index contributed by atoms with van der Waals surface area (Å²) in [6, 6.07) is 7.96. The Morgan fingerprint density at radius 3 is 2.45 bits per heavy atom. The Labute approximate surface area is 135 Å². The van der Waals surface area contributed by atoms with Gasteiger partial charge in [0.15, 0.2) is 0 Å². The number of likely N-dealkylation sites (N-methyl/N-ethyl adjacent to an activating group) is 1. The van der Waals surface area contributed by atoms with Gasteiger partial charge in [-0.2, -0.15) is 0 Å². The highest BCUT2D eigenvalue weighted by Gasteiger charge is 2.18. The Kier molecular flexibility index (Phi) is 5.32. The van der Waals surface area contributed by atoms with Crippen LogP contribution in [0.1, 0.15) is 37.9 Å². The Bertz CT molecular complexity index is 634. The molecule has 1 atom stereocenters. The molecule has 4 nitrogen and oxygen atoms in total. The molecule has 0 fully saturated rings. The second-order valence-electron chi connectivity index (χ2n) is 5.85. The lowest BCUT2D eigenvalue weighted by molar-refractivity contribution is -0.142. The standard InChI is InChI=1S/C17H22N2O2S/c1-11(2)13-5-7-14(8-6-13)16-18-15(10-22-16)9-19(4)12(3)17(20)21/h5-8,10-12H,9H2,1-4H3,(H,20,21). The van der Waals surface area contributed by atoms with Gasteiger partial charge >= 0.3 is 5.97 Å². The van der Waals surface area contributed by atoms with Crippen molar-refractivity contribution in [2.45, 2.75) is 39.3 Å². The molecule has 1 unspecified atom stereocenters. The lowest BCUT2D eigenvalue weighted by atomic mass is 10.0. The zero-order valence-corrected chi connectivity index (χ0v) is 14.2. The highest BCUT2D eigenvalue weighted by molar-refractivity contribution is 7.13. The molecular weight excluding hydrogens is 296 g/mol. The normalized spacial score (nSPS) is 12.8. The first-order chi connectivity index (χ1) is 10.4. The topological polar surface area (TPSA) is 53.4 Å². The van der Waals surface area contributed by atoms with Crippen molar-refractivity contribution in [2.75, 3.05) is 7.05 Å². The van der Waals surface area contributed by atoms with Crippen LogP contribution < -0.4 is 0 Å². The summed E-state index contributed by atoms with van der Waals surface area (Å²) in [4.78, 5) is 17.4. The monoisotopic (exact) mass is 318 g/mol. The van der Waals surface area contributed by atoms with Gasteiger partial charge in [-0.3, -0.25) is 9.69 Å². The molecule has 0 aliphatic carbocycles. The summed E-state index contributed by atoms with van der Waals surface area (Å²) in [5.41, 5.74) is 3.33. The van der Waals surface area contributed by atoms with E-state index in [0.717, 1.165) is 16.3 Å². The van der Waals surface area contributed by atoms with Gasteiger partial charge in [0.1, 0.15) is 11.0 Å². The highest BCUT2D eigenvalue weighted by Crippen LogP contribution is 2.26. The van der Waals surface area contributed by atoms with Crippen molar-refractivity contribution < 1.29 is 9.90 Å². The molecular formula is C17H22N2O2S. The van der Waals surface area contributed by atoms with E-state index in [2.05, 4.69) is 43.1 Å². The van der Waals surface area contributed by atoms with Crippen LogP contribution in [0.4, 0.5) is 0 Å². The number of hydrogen-bond donors (Lipinski definition) is 1. The van der Waals surface area contributed by atoms with Crippen molar-refractivity contribution in [3.05, 3.63) is 40.9 Å². The summed E-state index contributed by atoms with van der Waals surface area (Å²) in [5.74, 6) is -0.297. The fourth-order valence-electron chi connectivity index (χ4n) is 2.10. The zero-order valence-electron chi connectivity index (χ0n) is 13.4. The van der Waals surface area contributed by atoms with Gasteiger partial charge in [0, 0.05) is 17.5 Å². The van der Waals surface area contributed by atoms with Gasteiger partial charge in [-0.1, -0.05) is 38.1 Å². The first kappa shape index (κ1) is 16.6. The molecule has 0 saturated carbocycles. The van der Waals surface area contributed by atoms with Crippen LogP contribution in [0.2, 0.25) is 0 Å². The predicted molar refractivity (Wildman–Crippen MR) is 90.2 cm³/mol. The van der Waals surface area contributed by atoms with E-state index in [1.54, 1.807) is 30.2 Å². The van der Waals surface area contributed by atoms with E-state index in [4.69, 9.17) is 5.11 Å². The Hall–Kier alpha value is -1.72. The third-order valence-corrected chi connectivity index (χ3v) is 4.75. The second kappa shape index (κ2) is 7.03. The summed E-state index contributed by atoms with van der Waals surface area (Å²) < 4.78 is 0. The van der Waals surface area contributed by atoms with Crippen LogP contribution in [0.15, 0.2) is 29.6 Å².